The topological polar surface area (TPSA) is 85.3 Å². The van der Waals surface area contributed by atoms with Crippen molar-refractivity contribution >= 4 is 47.2 Å². The van der Waals surface area contributed by atoms with E-state index in [1.54, 1.807) is 18.2 Å². The van der Waals surface area contributed by atoms with Gasteiger partial charge in [-0.15, -0.1) is 0 Å². The van der Waals surface area contributed by atoms with Gasteiger partial charge in [-0.25, -0.2) is 4.79 Å². The molecule has 168 valence electrons. The number of imide groups is 1. The number of amides is 2. The van der Waals surface area contributed by atoms with Crippen LogP contribution in [0.3, 0.4) is 0 Å². The van der Waals surface area contributed by atoms with E-state index in [0.29, 0.717) is 21.4 Å². The fourth-order valence-electron chi connectivity index (χ4n) is 4.83. The van der Waals surface area contributed by atoms with E-state index in [1.807, 2.05) is 12.2 Å². The molecule has 1 saturated carbocycles. The second-order valence-corrected chi connectivity index (χ2v) is 9.02. The lowest BCUT2D eigenvalue weighted by Crippen LogP contribution is -2.28. The number of halogens is 2. The van der Waals surface area contributed by atoms with Crippen molar-refractivity contribution in [3.05, 3.63) is 69.7 Å². The zero-order valence-corrected chi connectivity index (χ0v) is 18.9. The van der Waals surface area contributed by atoms with Crippen LogP contribution in [-0.2, 0) is 9.59 Å². The Hall–Kier alpha value is -3.16. The average Bonchev–Trinajstić information content (AvgIpc) is 3.48. The molecule has 2 bridgehead atoms. The van der Waals surface area contributed by atoms with Crippen LogP contribution in [0.2, 0.25) is 10.0 Å². The van der Waals surface area contributed by atoms with Gasteiger partial charge in [0.1, 0.15) is 17.1 Å². The largest absolute Gasteiger partial charge is 0.496 e. The Labute approximate surface area is 199 Å². The maximum absolute atomic E-state index is 12.8. The van der Waals surface area contributed by atoms with Crippen LogP contribution in [0.5, 0.6) is 11.5 Å². The Morgan fingerprint density at radius 1 is 1.00 bits per heavy atom. The number of hydrogen-bond acceptors (Lipinski definition) is 6. The fraction of sp³-hybridized carbons (Fsp3) is 0.250. The first-order chi connectivity index (χ1) is 15.9. The van der Waals surface area contributed by atoms with Crippen LogP contribution in [0.1, 0.15) is 22.3 Å². The lowest BCUT2D eigenvalue weighted by Gasteiger charge is -2.13. The van der Waals surface area contributed by atoms with Crippen molar-refractivity contribution in [1.82, 2.24) is 5.01 Å². The van der Waals surface area contributed by atoms with Crippen LogP contribution < -0.4 is 9.47 Å². The summed E-state index contributed by atoms with van der Waals surface area (Å²) in [6.45, 7) is 0. The molecule has 5 rings (SSSR count). The van der Waals surface area contributed by atoms with E-state index in [0.717, 1.165) is 11.4 Å². The van der Waals surface area contributed by atoms with Gasteiger partial charge in [-0.05, 0) is 54.7 Å². The van der Waals surface area contributed by atoms with E-state index < -0.39 is 5.97 Å². The number of hydrazone groups is 1. The maximum Gasteiger partial charge on any atom is 0.347 e. The molecule has 2 aliphatic carbocycles. The molecule has 4 atom stereocenters. The summed E-state index contributed by atoms with van der Waals surface area (Å²) in [5.41, 5.74) is 0.471. The third-order valence-electron chi connectivity index (χ3n) is 6.32. The number of carbonyl (C=O) groups is 3. The molecule has 2 amide bonds. The molecular formula is C24H18Cl2N2O5. The molecular weight excluding hydrogens is 467 g/mol. The highest BCUT2D eigenvalue weighted by Crippen LogP contribution is 2.52. The SMILES string of the molecule is COc1ccc(Cl)cc1C(=O)Oc1ccc(Cl)cc1C=NN1C(=O)C2C3C=CC(C3)C2C1=O. The first-order valence-corrected chi connectivity index (χ1v) is 11.1. The first-order valence-electron chi connectivity index (χ1n) is 10.3. The number of nitrogens with zero attached hydrogens (tertiary/aromatic N) is 2. The summed E-state index contributed by atoms with van der Waals surface area (Å²) in [5.74, 6) is -1.37. The Morgan fingerprint density at radius 3 is 2.24 bits per heavy atom. The van der Waals surface area contributed by atoms with Gasteiger partial charge in [-0.3, -0.25) is 9.59 Å². The van der Waals surface area contributed by atoms with Gasteiger partial charge in [0.25, 0.3) is 11.8 Å². The van der Waals surface area contributed by atoms with Gasteiger partial charge in [0, 0.05) is 15.6 Å². The number of carbonyl (C=O) groups excluding carboxylic acids is 3. The summed E-state index contributed by atoms with van der Waals surface area (Å²) in [6, 6.07) is 9.18. The highest BCUT2D eigenvalue weighted by Gasteiger charge is 2.59. The second-order valence-electron chi connectivity index (χ2n) is 8.15. The number of allylic oxidation sites excluding steroid dienone is 2. The molecule has 2 fully saturated rings. The lowest BCUT2D eigenvalue weighted by molar-refractivity contribution is -0.140. The number of ether oxygens (including phenoxy) is 2. The predicted molar refractivity (Wildman–Crippen MR) is 122 cm³/mol. The molecule has 2 aromatic carbocycles. The van der Waals surface area contributed by atoms with Gasteiger partial charge in [-0.1, -0.05) is 35.4 Å². The zero-order chi connectivity index (χ0) is 23.3. The van der Waals surface area contributed by atoms with Crippen LogP contribution in [0.15, 0.2) is 53.7 Å². The van der Waals surface area contributed by atoms with Gasteiger partial charge >= 0.3 is 5.97 Å². The van der Waals surface area contributed by atoms with E-state index in [9.17, 15) is 14.4 Å². The minimum Gasteiger partial charge on any atom is -0.496 e. The molecule has 0 N–H and O–H groups in total. The summed E-state index contributed by atoms with van der Waals surface area (Å²) >= 11 is 12.1. The van der Waals surface area contributed by atoms with Gasteiger partial charge in [0.15, 0.2) is 0 Å². The predicted octanol–water partition coefficient (Wildman–Crippen LogP) is 4.36. The molecule has 9 heteroatoms. The monoisotopic (exact) mass is 484 g/mol. The van der Waals surface area contributed by atoms with E-state index in [1.165, 1.54) is 31.5 Å². The molecule has 4 unspecified atom stereocenters. The Balaban J connectivity index is 1.40. The summed E-state index contributed by atoms with van der Waals surface area (Å²) in [7, 11) is 1.43. The molecule has 2 aromatic rings. The molecule has 0 aromatic heterocycles. The second kappa shape index (κ2) is 8.32. The van der Waals surface area contributed by atoms with E-state index >= 15 is 0 Å². The van der Waals surface area contributed by atoms with Gasteiger partial charge < -0.3 is 9.47 Å². The summed E-state index contributed by atoms with van der Waals surface area (Å²) < 4.78 is 10.8. The molecule has 1 aliphatic heterocycles. The summed E-state index contributed by atoms with van der Waals surface area (Å²) in [4.78, 5) is 38.5. The summed E-state index contributed by atoms with van der Waals surface area (Å²) in [5, 5.41) is 5.79. The quantitative estimate of drug-likeness (QED) is 0.207. The first kappa shape index (κ1) is 21.7. The van der Waals surface area contributed by atoms with Crippen molar-refractivity contribution in [3.63, 3.8) is 0 Å². The van der Waals surface area contributed by atoms with Gasteiger partial charge in [0.2, 0.25) is 0 Å². The highest BCUT2D eigenvalue weighted by molar-refractivity contribution is 6.31. The van der Waals surface area contributed by atoms with Crippen LogP contribution in [0.4, 0.5) is 0 Å². The number of rotatable bonds is 5. The zero-order valence-electron chi connectivity index (χ0n) is 17.4. The highest BCUT2D eigenvalue weighted by atomic mass is 35.5. The number of hydrogen-bond donors (Lipinski definition) is 0. The smallest absolute Gasteiger partial charge is 0.347 e. The number of fused-ring (bicyclic) bond motifs is 5. The molecule has 1 saturated heterocycles. The van der Waals surface area contributed by atoms with Crippen molar-refractivity contribution < 1.29 is 23.9 Å². The average molecular weight is 485 g/mol. The lowest BCUT2D eigenvalue weighted by atomic mass is 9.85. The Morgan fingerprint density at radius 2 is 1.61 bits per heavy atom. The Kier molecular flexibility index (Phi) is 5.46. The third kappa shape index (κ3) is 3.71. The number of methoxy groups -OCH3 is 1. The van der Waals surface area contributed by atoms with Crippen LogP contribution in [-0.4, -0.2) is 36.1 Å². The van der Waals surface area contributed by atoms with Crippen LogP contribution >= 0.6 is 23.2 Å². The van der Waals surface area contributed by atoms with Crippen LogP contribution in [0, 0.1) is 23.7 Å². The van der Waals surface area contributed by atoms with Crippen molar-refractivity contribution in [2.24, 2.45) is 28.8 Å². The third-order valence-corrected chi connectivity index (χ3v) is 6.79. The van der Waals surface area contributed by atoms with Crippen molar-refractivity contribution in [1.29, 1.82) is 0 Å². The van der Waals surface area contributed by atoms with Crippen molar-refractivity contribution in [2.45, 2.75) is 6.42 Å². The summed E-state index contributed by atoms with van der Waals surface area (Å²) in [6.07, 6.45) is 6.17. The molecule has 0 radical (unpaired) electrons. The molecule has 3 aliphatic rings. The van der Waals surface area contributed by atoms with E-state index in [-0.39, 0.29) is 46.8 Å². The van der Waals surface area contributed by atoms with E-state index in [4.69, 9.17) is 32.7 Å². The van der Waals surface area contributed by atoms with Crippen molar-refractivity contribution in [2.75, 3.05) is 7.11 Å². The minimum absolute atomic E-state index is 0.0898. The number of benzene rings is 2. The maximum atomic E-state index is 12.8. The van der Waals surface area contributed by atoms with Crippen molar-refractivity contribution in [3.8, 4) is 11.5 Å². The fourth-order valence-corrected chi connectivity index (χ4v) is 5.18. The molecule has 1 heterocycles. The Bertz CT molecular complexity index is 1210. The minimum atomic E-state index is -0.697. The standard InChI is InChI=1S/C24H18Cl2N2O5/c1-32-19-7-5-16(26)10-17(19)24(31)33-18-6-4-15(25)9-14(18)11-27-28-22(29)20-12-2-3-13(8-12)21(20)23(28)30/h2-7,9-13,20-21H,8H2,1H3. The van der Waals surface area contributed by atoms with E-state index in [2.05, 4.69) is 5.10 Å². The molecule has 33 heavy (non-hydrogen) atoms. The molecule has 0 spiro atoms. The van der Waals surface area contributed by atoms with Crippen LogP contribution in [0.25, 0.3) is 0 Å². The normalized spacial score (nSPS) is 25.2. The van der Waals surface area contributed by atoms with Gasteiger partial charge in [0.05, 0.1) is 25.2 Å². The molecule has 7 nitrogen and oxygen atoms in total. The van der Waals surface area contributed by atoms with Gasteiger partial charge in [-0.2, -0.15) is 10.1 Å². The number of esters is 1.